The highest BCUT2D eigenvalue weighted by Gasteiger charge is 2.28. The van der Waals surface area contributed by atoms with Crippen molar-refractivity contribution in [2.75, 3.05) is 19.7 Å². The average Bonchev–Trinajstić information content (AvgIpc) is 2.46. The van der Waals surface area contributed by atoms with Gasteiger partial charge >= 0.3 is 0 Å². The highest BCUT2D eigenvalue weighted by Crippen LogP contribution is 2.17. The third-order valence-corrected chi connectivity index (χ3v) is 3.65. The molecule has 1 N–H and O–H groups in total. The predicted octanol–water partition coefficient (Wildman–Crippen LogP) is 2.52. The van der Waals surface area contributed by atoms with Gasteiger partial charge in [0.2, 0.25) is 0 Å². The maximum absolute atomic E-state index is 5.98. The van der Waals surface area contributed by atoms with Crippen molar-refractivity contribution in [2.24, 2.45) is 0 Å². The zero-order valence-electron chi connectivity index (χ0n) is 12.6. The smallest absolute Gasteiger partial charge is 0.0940 e. The quantitative estimate of drug-likeness (QED) is 0.938. The Labute approximate surface area is 125 Å². The van der Waals surface area contributed by atoms with Gasteiger partial charge in [-0.25, -0.2) is 0 Å². The maximum Gasteiger partial charge on any atom is 0.0940 e. The van der Waals surface area contributed by atoms with E-state index in [4.69, 9.17) is 9.47 Å². The molecule has 0 amide bonds. The molecule has 4 heteroatoms. The molecule has 1 saturated heterocycles. The first kappa shape index (κ1) is 14.4. The van der Waals surface area contributed by atoms with E-state index in [-0.39, 0.29) is 11.7 Å². The Morgan fingerprint density at radius 3 is 3.14 bits per heavy atom. The highest BCUT2D eigenvalue weighted by atomic mass is 16.5. The Balaban J connectivity index is 1.54. The summed E-state index contributed by atoms with van der Waals surface area (Å²) in [5, 5.41) is 4.53. The fourth-order valence-electron chi connectivity index (χ4n) is 2.68. The van der Waals surface area contributed by atoms with Crippen LogP contribution in [-0.2, 0) is 16.1 Å². The molecule has 1 aromatic heterocycles. The van der Waals surface area contributed by atoms with Crippen LogP contribution in [-0.4, -0.2) is 36.4 Å². The number of aromatic nitrogens is 1. The molecule has 0 aliphatic carbocycles. The summed E-state index contributed by atoms with van der Waals surface area (Å²) < 4.78 is 11.8. The summed E-state index contributed by atoms with van der Waals surface area (Å²) in [5.74, 6) is 0. The Kier molecular flexibility index (Phi) is 4.19. The zero-order chi connectivity index (χ0) is 14.7. The summed E-state index contributed by atoms with van der Waals surface area (Å²) in [6.07, 6.45) is 1.93. The minimum absolute atomic E-state index is 0.110. The number of hydrogen-bond donors (Lipinski definition) is 1. The molecule has 21 heavy (non-hydrogen) atoms. The molecule has 3 rings (SSSR count). The minimum atomic E-state index is -0.110. The van der Waals surface area contributed by atoms with E-state index in [1.54, 1.807) is 0 Å². The standard InChI is InChI=1S/C17H22N2O2/c1-17(2)12-18-9-15(21-17)11-20-10-13-5-6-16-14(8-13)4-3-7-19-16/h3-8,15,18H,9-12H2,1-2H3. The second kappa shape index (κ2) is 6.10. The number of nitrogens with zero attached hydrogens (tertiary/aromatic N) is 1. The number of rotatable bonds is 4. The lowest BCUT2D eigenvalue weighted by atomic mass is 10.1. The second-order valence-electron chi connectivity index (χ2n) is 6.18. The van der Waals surface area contributed by atoms with Crippen LogP contribution >= 0.6 is 0 Å². The maximum atomic E-state index is 5.98. The molecule has 1 atom stereocenters. The molecule has 1 fully saturated rings. The van der Waals surface area contributed by atoms with E-state index in [1.165, 1.54) is 5.56 Å². The van der Waals surface area contributed by atoms with Gasteiger partial charge in [-0.15, -0.1) is 0 Å². The number of nitrogens with one attached hydrogen (secondary N) is 1. The normalized spacial score (nSPS) is 21.5. The molecular weight excluding hydrogens is 264 g/mol. The van der Waals surface area contributed by atoms with Gasteiger partial charge in [-0.2, -0.15) is 0 Å². The number of benzene rings is 1. The van der Waals surface area contributed by atoms with E-state index in [0.29, 0.717) is 13.2 Å². The summed E-state index contributed by atoms with van der Waals surface area (Å²) in [6, 6.07) is 10.3. The van der Waals surface area contributed by atoms with Crippen LogP contribution < -0.4 is 5.32 Å². The van der Waals surface area contributed by atoms with Crippen LogP contribution in [0.3, 0.4) is 0 Å². The van der Waals surface area contributed by atoms with Crippen LogP contribution in [0.5, 0.6) is 0 Å². The van der Waals surface area contributed by atoms with E-state index in [9.17, 15) is 0 Å². The first-order valence-corrected chi connectivity index (χ1v) is 7.42. The molecule has 0 bridgehead atoms. The van der Waals surface area contributed by atoms with Gasteiger partial charge in [0.1, 0.15) is 0 Å². The third-order valence-electron chi connectivity index (χ3n) is 3.65. The molecule has 4 nitrogen and oxygen atoms in total. The lowest BCUT2D eigenvalue weighted by Crippen LogP contribution is -2.51. The Morgan fingerprint density at radius 2 is 2.29 bits per heavy atom. The summed E-state index contributed by atoms with van der Waals surface area (Å²) in [6.45, 7) is 7.16. The Morgan fingerprint density at radius 1 is 1.38 bits per heavy atom. The number of hydrogen-bond acceptors (Lipinski definition) is 4. The van der Waals surface area contributed by atoms with Gasteiger partial charge in [-0.05, 0) is 37.6 Å². The molecular formula is C17H22N2O2. The van der Waals surface area contributed by atoms with Gasteiger partial charge in [0, 0.05) is 24.7 Å². The molecule has 0 spiro atoms. The highest BCUT2D eigenvalue weighted by molar-refractivity contribution is 5.78. The first-order valence-electron chi connectivity index (χ1n) is 7.42. The van der Waals surface area contributed by atoms with Crippen molar-refractivity contribution in [3.8, 4) is 0 Å². The first-order chi connectivity index (χ1) is 10.1. The summed E-state index contributed by atoms with van der Waals surface area (Å²) in [7, 11) is 0. The van der Waals surface area contributed by atoms with Gasteiger partial charge in [0.25, 0.3) is 0 Å². The van der Waals surface area contributed by atoms with E-state index in [0.717, 1.165) is 24.0 Å². The number of fused-ring (bicyclic) bond motifs is 1. The molecule has 1 unspecified atom stereocenters. The van der Waals surface area contributed by atoms with Crippen LogP contribution in [0.1, 0.15) is 19.4 Å². The van der Waals surface area contributed by atoms with Crippen LogP contribution in [0.4, 0.5) is 0 Å². The topological polar surface area (TPSA) is 43.4 Å². The molecule has 112 valence electrons. The second-order valence-corrected chi connectivity index (χ2v) is 6.18. The van der Waals surface area contributed by atoms with Crippen molar-refractivity contribution >= 4 is 10.9 Å². The van der Waals surface area contributed by atoms with Crippen molar-refractivity contribution < 1.29 is 9.47 Å². The average molecular weight is 286 g/mol. The molecule has 2 heterocycles. The van der Waals surface area contributed by atoms with Crippen molar-refractivity contribution in [3.63, 3.8) is 0 Å². The van der Waals surface area contributed by atoms with Gasteiger partial charge in [0.15, 0.2) is 0 Å². The molecule has 0 saturated carbocycles. The van der Waals surface area contributed by atoms with Crippen molar-refractivity contribution in [2.45, 2.75) is 32.2 Å². The number of ether oxygens (including phenoxy) is 2. The summed E-state index contributed by atoms with van der Waals surface area (Å²) in [4.78, 5) is 4.32. The molecule has 1 aliphatic rings. The van der Waals surface area contributed by atoms with Gasteiger partial charge in [-0.1, -0.05) is 12.1 Å². The van der Waals surface area contributed by atoms with Crippen LogP contribution in [0, 0.1) is 0 Å². The fourth-order valence-corrected chi connectivity index (χ4v) is 2.68. The number of pyridine rings is 1. The van der Waals surface area contributed by atoms with E-state index >= 15 is 0 Å². The molecule has 1 aliphatic heterocycles. The van der Waals surface area contributed by atoms with Gasteiger partial charge in [0.05, 0.1) is 30.4 Å². The van der Waals surface area contributed by atoms with E-state index in [2.05, 4.69) is 42.3 Å². The van der Waals surface area contributed by atoms with E-state index in [1.807, 2.05) is 18.3 Å². The predicted molar refractivity (Wildman–Crippen MR) is 83.2 cm³/mol. The Bertz CT molecular complexity index is 613. The fraction of sp³-hybridized carbons (Fsp3) is 0.471. The van der Waals surface area contributed by atoms with Crippen LogP contribution in [0.25, 0.3) is 10.9 Å². The third kappa shape index (κ3) is 3.79. The van der Waals surface area contributed by atoms with Crippen molar-refractivity contribution in [1.29, 1.82) is 0 Å². The van der Waals surface area contributed by atoms with Crippen LogP contribution in [0.15, 0.2) is 36.5 Å². The SMILES string of the molecule is CC1(C)CNCC(COCc2ccc3ncccc3c2)O1. The largest absolute Gasteiger partial charge is 0.374 e. The monoisotopic (exact) mass is 286 g/mol. The summed E-state index contributed by atoms with van der Waals surface area (Å²) >= 11 is 0. The molecule has 1 aromatic carbocycles. The van der Waals surface area contributed by atoms with Crippen LogP contribution in [0.2, 0.25) is 0 Å². The molecule has 2 aromatic rings. The zero-order valence-corrected chi connectivity index (χ0v) is 12.6. The van der Waals surface area contributed by atoms with Gasteiger partial charge in [-0.3, -0.25) is 4.98 Å². The lowest BCUT2D eigenvalue weighted by molar-refractivity contribution is -0.122. The summed E-state index contributed by atoms with van der Waals surface area (Å²) in [5.41, 5.74) is 2.07. The number of morpholine rings is 1. The van der Waals surface area contributed by atoms with Crippen molar-refractivity contribution in [1.82, 2.24) is 10.3 Å². The minimum Gasteiger partial charge on any atom is -0.374 e. The van der Waals surface area contributed by atoms with Crippen molar-refractivity contribution in [3.05, 3.63) is 42.1 Å². The molecule has 0 radical (unpaired) electrons. The van der Waals surface area contributed by atoms with Gasteiger partial charge < -0.3 is 14.8 Å². The Hall–Kier alpha value is -1.49. The van der Waals surface area contributed by atoms with E-state index < -0.39 is 0 Å². The lowest BCUT2D eigenvalue weighted by Gasteiger charge is -2.36.